The van der Waals surface area contributed by atoms with Crippen molar-refractivity contribution in [3.8, 4) is 0 Å². The molecule has 1 fully saturated rings. The summed E-state index contributed by atoms with van der Waals surface area (Å²) in [5, 5.41) is 3.16. The van der Waals surface area contributed by atoms with Crippen LogP contribution in [0.5, 0.6) is 0 Å². The van der Waals surface area contributed by atoms with Crippen LogP contribution < -0.4 is 5.32 Å². The van der Waals surface area contributed by atoms with Crippen LogP contribution in [0.3, 0.4) is 0 Å². The predicted molar refractivity (Wildman–Crippen MR) is 78.4 cm³/mol. The van der Waals surface area contributed by atoms with Crippen molar-refractivity contribution in [1.82, 2.24) is 18.9 Å². The van der Waals surface area contributed by atoms with Crippen molar-refractivity contribution in [2.24, 2.45) is 0 Å². The number of hydrogen-bond donors (Lipinski definition) is 1. The third-order valence-corrected chi connectivity index (χ3v) is 5.42. The molecule has 0 atom stereocenters. The SMILES string of the molecule is CCN(Cc1cccc(C)n1)S(=O)(=O)N1CCNCC1. The molecule has 1 aliphatic rings. The van der Waals surface area contributed by atoms with Crippen molar-refractivity contribution in [1.29, 1.82) is 0 Å². The minimum absolute atomic E-state index is 0.324. The van der Waals surface area contributed by atoms with Gasteiger partial charge in [0.25, 0.3) is 10.2 Å². The Bertz CT molecular complexity index is 541. The van der Waals surface area contributed by atoms with Gasteiger partial charge in [0, 0.05) is 38.4 Å². The van der Waals surface area contributed by atoms with Crippen LogP contribution in [-0.2, 0) is 16.8 Å². The van der Waals surface area contributed by atoms with E-state index < -0.39 is 10.2 Å². The van der Waals surface area contributed by atoms with Crippen molar-refractivity contribution in [3.05, 3.63) is 29.6 Å². The van der Waals surface area contributed by atoms with Crippen molar-refractivity contribution in [2.75, 3.05) is 32.7 Å². The Labute approximate surface area is 121 Å². The van der Waals surface area contributed by atoms with Gasteiger partial charge in [-0.2, -0.15) is 17.0 Å². The molecule has 6 nitrogen and oxygen atoms in total. The smallest absolute Gasteiger partial charge is 0.282 e. The summed E-state index contributed by atoms with van der Waals surface area (Å²) in [6, 6.07) is 5.68. The van der Waals surface area contributed by atoms with Gasteiger partial charge in [-0.1, -0.05) is 13.0 Å². The zero-order valence-electron chi connectivity index (χ0n) is 12.0. The maximum Gasteiger partial charge on any atom is 0.282 e. The Hall–Kier alpha value is -1.02. The van der Waals surface area contributed by atoms with Crippen LogP contribution >= 0.6 is 0 Å². The average molecular weight is 298 g/mol. The Morgan fingerprint density at radius 2 is 2.05 bits per heavy atom. The van der Waals surface area contributed by atoms with Gasteiger partial charge in [0.1, 0.15) is 0 Å². The van der Waals surface area contributed by atoms with Gasteiger partial charge in [-0.3, -0.25) is 4.98 Å². The Balaban J connectivity index is 2.14. The third-order valence-electron chi connectivity index (χ3n) is 3.37. The number of pyridine rings is 1. The fourth-order valence-electron chi connectivity index (χ4n) is 2.26. The molecule has 0 aliphatic carbocycles. The van der Waals surface area contributed by atoms with E-state index in [0.717, 1.165) is 11.4 Å². The van der Waals surface area contributed by atoms with Gasteiger partial charge in [0.05, 0.1) is 12.2 Å². The quantitative estimate of drug-likeness (QED) is 0.852. The van der Waals surface area contributed by atoms with Crippen LogP contribution in [0.15, 0.2) is 18.2 Å². The lowest BCUT2D eigenvalue weighted by atomic mass is 10.3. The highest BCUT2D eigenvalue weighted by atomic mass is 32.2. The van der Waals surface area contributed by atoms with Gasteiger partial charge in [-0.15, -0.1) is 0 Å². The second-order valence-electron chi connectivity index (χ2n) is 4.85. The number of piperazine rings is 1. The molecule has 0 radical (unpaired) electrons. The summed E-state index contributed by atoms with van der Waals surface area (Å²) < 4.78 is 28.2. The van der Waals surface area contributed by atoms with Gasteiger partial charge >= 0.3 is 0 Å². The molecule has 1 aromatic rings. The first-order chi connectivity index (χ1) is 9.54. The fraction of sp³-hybridized carbons (Fsp3) is 0.615. The van der Waals surface area contributed by atoms with Crippen molar-refractivity contribution in [3.63, 3.8) is 0 Å². The Morgan fingerprint density at radius 1 is 1.35 bits per heavy atom. The monoisotopic (exact) mass is 298 g/mol. The van der Waals surface area contributed by atoms with Gasteiger partial charge in [0.2, 0.25) is 0 Å². The lowest BCUT2D eigenvalue weighted by Gasteiger charge is -2.31. The minimum atomic E-state index is -3.40. The number of rotatable bonds is 5. The summed E-state index contributed by atoms with van der Waals surface area (Å²) in [5.41, 5.74) is 1.68. The van der Waals surface area contributed by atoms with Crippen LogP contribution in [-0.4, -0.2) is 54.7 Å². The highest BCUT2D eigenvalue weighted by molar-refractivity contribution is 7.86. The molecule has 0 saturated carbocycles. The van der Waals surface area contributed by atoms with Gasteiger partial charge in [-0.05, 0) is 19.1 Å². The first kappa shape index (κ1) is 15.4. The van der Waals surface area contributed by atoms with Gasteiger partial charge in [0.15, 0.2) is 0 Å². The zero-order valence-corrected chi connectivity index (χ0v) is 12.9. The maximum absolute atomic E-state index is 12.6. The molecule has 1 aliphatic heterocycles. The highest BCUT2D eigenvalue weighted by Crippen LogP contribution is 2.13. The largest absolute Gasteiger partial charge is 0.314 e. The molecule has 1 aromatic heterocycles. The molecular weight excluding hydrogens is 276 g/mol. The molecule has 1 N–H and O–H groups in total. The number of nitrogens with one attached hydrogen (secondary N) is 1. The molecule has 7 heteroatoms. The number of aryl methyl sites for hydroxylation is 1. The summed E-state index contributed by atoms with van der Waals surface area (Å²) in [5.74, 6) is 0. The average Bonchev–Trinajstić information content (AvgIpc) is 2.45. The standard InChI is InChI=1S/C13H22N4O2S/c1-3-16(11-13-6-4-5-12(2)15-13)20(18,19)17-9-7-14-8-10-17/h4-6,14H,3,7-11H2,1-2H3. The molecule has 2 rings (SSSR count). The number of nitrogens with zero attached hydrogens (tertiary/aromatic N) is 3. The van der Waals surface area contributed by atoms with Crippen LogP contribution in [0.2, 0.25) is 0 Å². The maximum atomic E-state index is 12.6. The molecule has 0 aromatic carbocycles. The second-order valence-corrected chi connectivity index (χ2v) is 6.78. The molecule has 2 heterocycles. The summed E-state index contributed by atoms with van der Waals surface area (Å²) >= 11 is 0. The first-order valence-electron chi connectivity index (χ1n) is 6.92. The zero-order chi connectivity index (χ0) is 14.6. The first-order valence-corrected chi connectivity index (χ1v) is 8.32. The van der Waals surface area contributed by atoms with Crippen molar-refractivity contribution in [2.45, 2.75) is 20.4 Å². The van der Waals surface area contributed by atoms with E-state index in [2.05, 4.69) is 10.3 Å². The summed E-state index contributed by atoms with van der Waals surface area (Å²) in [7, 11) is -3.40. The molecule has 20 heavy (non-hydrogen) atoms. The van der Waals surface area contributed by atoms with E-state index in [1.807, 2.05) is 32.0 Å². The lowest BCUT2D eigenvalue weighted by molar-refractivity contribution is 0.311. The molecule has 0 amide bonds. The summed E-state index contributed by atoms with van der Waals surface area (Å²) in [4.78, 5) is 4.38. The molecule has 0 spiro atoms. The molecule has 112 valence electrons. The van der Waals surface area contributed by atoms with E-state index in [1.54, 1.807) is 4.31 Å². The normalized spacial score (nSPS) is 17.6. The fourth-order valence-corrected chi connectivity index (χ4v) is 3.86. The molecule has 0 unspecified atom stereocenters. The summed E-state index contributed by atoms with van der Waals surface area (Å²) in [6.07, 6.45) is 0. The van der Waals surface area contributed by atoms with E-state index >= 15 is 0 Å². The van der Waals surface area contributed by atoms with E-state index in [1.165, 1.54) is 4.31 Å². The molecule has 1 saturated heterocycles. The van der Waals surface area contributed by atoms with Crippen LogP contribution in [0, 0.1) is 6.92 Å². The summed E-state index contributed by atoms with van der Waals surface area (Å²) in [6.45, 7) is 7.01. The second kappa shape index (κ2) is 6.62. The predicted octanol–water partition coefficient (Wildman–Crippen LogP) is 0.362. The van der Waals surface area contributed by atoms with E-state index in [-0.39, 0.29) is 0 Å². The topological polar surface area (TPSA) is 65.5 Å². The molecular formula is C13H22N4O2S. The minimum Gasteiger partial charge on any atom is -0.314 e. The number of hydrogen-bond acceptors (Lipinski definition) is 4. The van der Waals surface area contributed by atoms with Crippen LogP contribution in [0.25, 0.3) is 0 Å². The van der Waals surface area contributed by atoms with Crippen LogP contribution in [0.1, 0.15) is 18.3 Å². The highest BCUT2D eigenvalue weighted by Gasteiger charge is 2.29. The van der Waals surface area contributed by atoms with Crippen molar-refractivity contribution >= 4 is 10.2 Å². The van der Waals surface area contributed by atoms with Crippen molar-refractivity contribution < 1.29 is 8.42 Å². The van der Waals surface area contributed by atoms with E-state index in [4.69, 9.17) is 0 Å². The van der Waals surface area contributed by atoms with Gasteiger partial charge in [-0.25, -0.2) is 0 Å². The lowest BCUT2D eigenvalue weighted by Crippen LogP contribution is -2.51. The van der Waals surface area contributed by atoms with E-state index in [0.29, 0.717) is 39.3 Å². The Kier molecular flexibility index (Phi) is 5.09. The van der Waals surface area contributed by atoms with E-state index in [9.17, 15) is 8.42 Å². The van der Waals surface area contributed by atoms with Crippen LogP contribution in [0.4, 0.5) is 0 Å². The Morgan fingerprint density at radius 3 is 2.65 bits per heavy atom. The third kappa shape index (κ3) is 3.54. The van der Waals surface area contributed by atoms with Gasteiger partial charge < -0.3 is 5.32 Å². The number of aromatic nitrogens is 1. The molecule has 0 bridgehead atoms.